The van der Waals surface area contributed by atoms with Crippen LogP contribution in [-0.4, -0.2) is 82.1 Å². The normalized spacial score (nSPS) is 12.3. The van der Waals surface area contributed by atoms with Gasteiger partial charge in [0.15, 0.2) is 0 Å². The number of hydrazine groups is 1. The fourth-order valence-corrected chi connectivity index (χ4v) is 5.09. The number of aromatic hydroxyl groups is 1. The van der Waals surface area contributed by atoms with E-state index in [1.54, 1.807) is 22.0 Å². The number of hydrogen-bond acceptors (Lipinski definition) is 7. The molecule has 2 atom stereocenters. The number of primary amides is 1. The van der Waals surface area contributed by atoms with Gasteiger partial charge in [0.2, 0.25) is 11.8 Å². The Morgan fingerprint density at radius 2 is 1.43 bits per heavy atom. The summed E-state index contributed by atoms with van der Waals surface area (Å²) in [6.07, 6.45) is 0.677. The quantitative estimate of drug-likeness (QED) is 0.143. The van der Waals surface area contributed by atoms with Gasteiger partial charge in [-0.3, -0.25) is 24.6 Å². The van der Waals surface area contributed by atoms with E-state index < -0.39 is 24.0 Å². The summed E-state index contributed by atoms with van der Waals surface area (Å²) in [5, 5.41) is 25.6. The third-order valence-electron chi connectivity index (χ3n) is 7.45. The fraction of sp³-hybridized carbons (Fsp3) is 0.371. The molecular weight excluding hydrogens is 586 g/mol. The molecule has 0 saturated heterocycles. The Hall–Kier alpha value is -4.74. The van der Waals surface area contributed by atoms with Gasteiger partial charge in [-0.2, -0.15) is 0 Å². The van der Waals surface area contributed by atoms with Gasteiger partial charge >= 0.3 is 0 Å². The van der Waals surface area contributed by atoms with Crippen LogP contribution in [0.4, 0.5) is 0 Å². The summed E-state index contributed by atoms with van der Waals surface area (Å²) in [5.41, 5.74) is 10.2. The summed E-state index contributed by atoms with van der Waals surface area (Å²) in [4.78, 5) is 53.7. The highest BCUT2D eigenvalue weighted by Gasteiger charge is 2.26. The number of nitrogens with zero attached hydrogens (tertiary/aromatic N) is 2. The molecule has 0 bridgehead atoms. The summed E-state index contributed by atoms with van der Waals surface area (Å²) in [6.45, 7) is 7.17. The Morgan fingerprint density at radius 1 is 0.826 bits per heavy atom. The molecule has 3 aromatic carbocycles. The lowest BCUT2D eigenvalue weighted by atomic mass is 9.99. The number of nitrogens with two attached hydrogens (primary N) is 1. The average molecular weight is 632 g/mol. The van der Waals surface area contributed by atoms with Gasteiger partial charge in [0.05, 0.1) is 18.6 Å². The van der Waals surface area contributed by atoms with E-state index in [0.29, 0.717) is 19.6 Å². The van der Waals surface area contributed by atoms with Gasteiger partial charge in [-0.1, -0.05) is 63.2 Å². The molecule has 3 rings (SSSR count). The highest BCUT2D eigenvalue weighted by atomic mass is 16.3. The first kappa shape index (κ1) is 35.7. The Bertz CT molecular complexity index is 1460. The largest absolute Gasteiger partial charge is 0.508 e. The molecule has 4 amide bonds. The number of carbonyl (C=O) groups is 4. The number of phenolic OH excluding ortho intramolecular Hbond substituents is 1. The highest BCUT2D eigenvalue weighted by molar-refractivity contribution is 6.04. The molecule has 0 fully saturated rings. The van der Waals surface area contributed by atoms with Crippen molar-refractivity contribution < 1.29 is 29.4 Å². The lowest BCUT2D eigenvalue weighted by Gasteiger charge is -2.30. The van der Waals surface area contributed by atoms with Crippen molar-refractivity contribution in [3.05, 3.63) is 101 Å². The van der Waals surface area contributed by atoms with Crippen LogP contribution in [0.3, 0.4) is 0 Å². The van der Waals surface area contributed by atoms with E-state index in [4.69, 9.17) is 5.73 Å². The maximum atomic E-state index is 13.7. The van der Waals surface area contributed by atoms with E-state index >= 15 is 0 Å². The van der Waals surface area contributed by atoms with Crippen LogP contribution in [0.15, 0.2) is 72.8 Å². The van der Waals surface area contributed by atoms with Crippen molar-refractivity contribution in [3.8, 4) is 5.75 Å². The van der Waals surface area contributed by atoms with Crippen LogP contribution in [0.5, 0.6) is 5.75 Å². The third-order valence-corrected chi connectivity index (χ3v) is 7.45. The molecule has 246 valence electrons. The molecule has 11 nitrogen and oxygen atoms in total. The van der Waals surface area contributed by atoms with Crippen molar-refractivity contribution >= 4 is 23.6 Å². The first-order valence-corrected chi connectivity index (χ1v) is 15.6. The number of nitrogens with one attached hydrogen (secondary N) is 2. The molecule has 0 aromatic heterocycles. The lowest BCUT2D eigenvalue weighted by Crippen LogP contribution is -2.53. The number of carbonyl (C=O) groups excluding carboxylic acids is 4. The molecule has 0 heterocycles. The van der Waals surface area contributed by atoms with Crippen LogP contribution < -0.4 is 16.5 Å². The van der Waals surface area contributed by atoms with Crippen molar-refractivity contribution in [2.75, 3.05) is 26.2 Å². The van der Waals surface area contributed by atoms with Crippen LogP contribution in [0, 0.1) is 0 Å². The zero-order chi connectivity index (χ0) is 33.6. The van der Waals surface area contributed by atoms with Crippen LogP contribution in [0.2, 0.25) is 0 Å². The molecule has 0 saturated carbocycles. The predicted molar refractivity (Wildman–Crippen MR) is 176 cm³/mol. The van der Waals surface area contributed by atoms with Crippen LogP contribution >= 0.6 is 0 Å². The topological polar surface area (TPSA) is 165 Å². The van der Waals surface area contributed by atoms with Crippen molar-refractivity contribution in [3.63, 3.8) is 0 Å². The molecule has 6 N–H and O–H groups in total. The summed E-state index contributed by atoms with van der Waals surface area (Å²) >= 11 is 0. The van der Waals surface area contributed by atoms with E-state index in [1.807, 2.05) is 51.1 Å². The molecule has 46 heavy (non-hydrogen) atoms. The molecular formula is C35H45N5O6. The molecule has 2 unspecified atom stereocenters. The Balaban J connectivity index is 1.86. The number of hydrogen-bond donors (Lipinski definition) is 5. The molecule has 11 heteroatoms. The summed E-state index contributed by atoms with van der Waals surface area (Å²) in [5.74, 6) is -1.89. The Morgan fingerprint density at radius 3 is 2.02 bits per heavy atom. The summed E-state index contributed by atoms with van der Waals surface area (Å²) < 4.78 is 0. The van der Waals surface area contributed by atoms with Crippen LogP contribution in [-0.2, 0) is 17.6 Å². The smallest absolute Gasteiger partial charge is 0.253 e. The molecule has 0 aliphatic heterocycles. The SMILES string of the molecule is CCCN(CCC)C(=O)c1cc(C(N)=O)cc(C(=O)NC(Cc2ccc(O)cc2)C(O)CN(CC)NC(=O)Cc2ccccc2)c1. The number of amides is 4. The number of phenols is 1. The first-order chi connectivity index (χ1) is 22.0. The minimum Gasteiger partial charge on any atom is -0.508 e. The van der Waals surface area contributed by atoms with Crippen LogP contribution in [0.25, 0.3) is 0 Å². The Kier molecular flexibility index (Phi) is 13.7. The Labute approximate surface area is 270 Å². The van der Waals surface area contributed by atoms with Crippen molar-refractivity contribution in [1.29, 1.82) is 0 Å². The zero-order valence-corrected chi connectivity index (χ0v) is 26.7. The van der Waals surface area contributed by atoms with Crippen LogP contribution in [0.1, 0.15) is 75.8 Å². The monoisotopic (exact) mass is 631 g/mol. The molecule has 0 aliphatic carbocycles. The highest BCUT2D eigenvalue weighted by Crippen LogP contribution is 2.17. The number of aliphatic hydroxyl groups excluding tert-OH is 1. The zero-order valence-electron chi connectivity index (χ0n) is 26.7. The van der Waals surface area contributed by atoms with Crippen molar-refractivity contribution in [2.45, 2.75) is 58.6 Å². The molecule has 0 aliphatic rings. The van der Waals surface area contributed by atoms with Gasteiger partial charge in [-0.25, -0.2) is 5.01 Å². The van der Waals surface area contributed by atoms with Gasteiger partial charge in [0, 0.05) is 42.9 Å². The predicted octanol–water partition coefficient (Wildman–Crippen LogP) is 3.05. The maximum absolute atomic E-state index is 13.7. The van der Waals surface area contributed by atoms with Gasteiger partial charge in [0.25, 0.3) is 11.8 Å². The number of rotatable bonds is 17. The maximum Gasteiger partial charge on any atom is 0.253 e. The second-order valence-electron chi connectivity index (χ2n) is 11.2. The van der Waals surface area contributed by atoms with Crippen molar-refractivity contribution in [1.82, 2.24) is 20.7 Å². The van der Waals surface area contributed by atoms with Gasteiger partial charge in [-0.15, -0.1) is 0 Å². The third kappa shape index (κ3) is 10.7. The van der Waals surface area contributed by atoms with Gasteiger partial charge in [-0.05, 0) is 60.7 Å². The molecule has 3 aromatic rings. The van der Waals surface area contributed by atoms with E-state index in [2.05, 4.69) is 10.7 Å². The van der Waals surface area contributed by atoms with E-state index in [0.717, 1.165) is 24.0 Å². The number of aliphatic hydroxyl groups is 1. The van der Waals surface area contributed by atoms with Crippen molar-refractivity contribution in [2.24, 2.45) is 5.73 Å². The van der Waals surface area contributed by atoms with Gasteiger partial charge in [0.1, 0.15) is 5.75 Å². The summed E-state index contributed by atoms with van der Waals surface area (Å²) in [6, 6.07) is 18.9. The second kappa shape index (κ2) is 17.7. The minimum atomic E-state index is -1.15. The molecule has 0 radical (unpaired) electrons. The molecule has 0 spiro atoms. The summed E-state index contributed by atoms with van der Waals surface area (Å²) in [7, 11) is 0. The number of benzene rings is 3. The fourth-order valence-electron chi connectivity index (χ4n) is 5.09. The van der Waals surface area contributed by atoms with E-state index in [-0.39, 0.29) is 53.6 Å². The van der Waals surface area contributed by atoms with Gasteiger partial charge < -0.3 is 26.2 Å². The average Bonchev–Trinajstić information content (AvgIpc) is 3.04. The first-order valence-electron chi connectivity index (χ1n) is 15.6. The lowest BCUT2D eigenvalue weighted by molar-refractivity contribution is -0.125. The standard InChI is InChI=1S/C35H45N5O6/c1-4-16-39(17-5-2)35(46)28-21-26(33(36)44)20-27(22-28)34(45)37-30(18-25-12-14-29(41)15-13-25)31(42)23-40(6-3)38-32(43)19-24-10-8-7-9-11-24/h7-15,20-22,30-31,41-42H,4-6,16-19,23H2,1-3H3,(H2,36,44)(H,37,45)(H,38,43). The number of likely N-dealkylation sites (N-methyl/N-ethyl adjacent to an activating group) is 1. The second-order valence-corrected chi connectivity index (χ2v) is 11.2. The van der Waals surface area contributed by atoms with E-state index in [9.17, 15) is 29.4 Å². The minimum absolute atomic E-state index is 0.00584. The van der Waals surface area contributed by atoms with E-state index in [1.165, 1.54) is 30.3 Å².